The van der Waals surface area contributed by atoms with Crippen LogP contribution < -0.4 is 5.32 Å². The quantitative estimate of drug-likeness (QED) is 0.810. The van der Waals surface area contributed by atoms with E-state index in [2.05, 4.69) is 14.9 Å². The molecule has 21 heavy (non-hydrogen) atoms. The van der Waals surface area contributed by atoms with E-state index in [-0.39, 0.29) is 6.04 Å². The third-order valence-electron chi connectivity index (χ3n) is 4.26. The molecule has 0 aromatic carbocycles. The molecule has 0 bridgehead atoms. The summed E-state index contributed by atoms with van der Waals surface area (Å²) in [4.78, 5) is 16.0. The van der Waals surface area contributed by atoms with Gasteiger partial charge in [0.1, 0.15) is 5.54 Å². The molecule has 0 radical (unpaired) electrons. The Balaban J connectivity index is 1.93. The maximum atomic E-state index is 11.5. The Morgan fingerprint density at radius 3 is 2.86 bits per heavy atom. The van der Waals surface area contributed by atoms with Crippen LogP contribution in [0.1, 0.15) is 57.8 Å². The first kappa shape index (κ1) is 16.0. The number of imidazole rings is 1. The van der Waals surface area contributed by atoms with Crippen molar-refractivity contribution in [2.45, 2.75) is 77.4 Å². The van der Waals surface area contributed by atoms with E-state index in [0.717, 1.165) is 25.8 Å². The molecular formula is C16H27N3O2. The van der Waals surface area contributed by atoms with Crippen LogP contribution in [0.2, 0.25) is 0 Å². The summed E-state index contributed by atoms with van der Waals surface area (Å²) in [6, 6.07) is 0.159. The van der Waals surface area contributed by atoms with Crippen molar-refractivity contribution in [2.24, 2.45) is 0 Å². The SMILES string of the molecule is CC(C)NC(C)(CCCn1cnc2c1CCCC2)C(=O)O. The summed E-state index contributed by atoms with van der Waals surface area (Å²) in [6.45, 7) is 6.59. The van der Waals surface area contributed by atoms with Gasteiger partial charge in [-0.05, 0) is 59.3 Å². The fraction of sp³-hybridized carbons (Fsp3) is 0.750. The highest BCUT2D eigenvalue weighted by molar-refractivity contribution is 5.78. The Labute approximate surface area is 126 Å². The number of aryl methyl sites for hydroxylation is 2. The van der Waals surface area contributed by atoms with Crippen molar-refractivity contribution in [3.63, 3.8) is 0 Å². The Bertz CT molecular complexity index is 496. The van der Waals surface area contributed by atoms with Crippen molar-refractivity contribution in [1.29, 1.82) is 0 Å². The third-order valence-corrected chi connectivity index (χ3v) is 4.26. The zero-order chi connectivity index (χ0) is 15.5. The minimum atomic E-state index is -0.852. The van der Waals surface area contributed by atoms with E-state index in [0.29, 0.717) is 6.42 Å². The summed E-state index contributed by atoms with van der Waals surface area (Å²) in [5, 5.41) is 12.6. The number of nitrogens with zero attached hydrogens (tertiary/aromatic N) is 2. The van der Waals surface area contributed by atoms with Gasteiger partial charge in [-0.15, -0.1) is 0 Å². The first-order valence-corrected chi connectivity index (χ1v) is 7.96. The Morgan fingerprint density at radius 2 is 2.19 bits per heavy atom. The standard InChI is InChI=1S/C16H27N3O2/c1-12(2)18-16(3,15(20)21)9-6-10-19-11-17-13-7-4-5-8-14(13)19/h11-12,18H,4-10H2,1-3H3,(H,20,21). The molecule has 0 saturated heterocycles. The molecule has 1 aromatic rings. The molecule has 1 aliphatic rings. The van der Waals surface area contributed by atoms with Gasteiger partial charge in [-0.1, -0.05) is 0 Å². The van der Waals surface area contributed by atoms with Crippen molar-refractivity contribution in [2.75, 3.05) is 0 Å². The lowest BCUT2D eigenvalue weighted by Gasteiger charge is -2.29. The van der Waals surface area contributed by atoms with E-state index in [9.17, 15) is 9.90 Å². The van der Waals surface area contributed by atoms with E-state index >= 15 is 0 Å². The predicted octanol–water partition coefficient (Wildman–Crippen LogP) is 2.38. The Kier molecular flexibility index (Phi) is 5.04. The number of hydrogen-bond donors (Lipinski definition) is 2. The second-order valence-electron chi connectivity index (χ2n) is 6.58. The van der Waals surface area contributed by atoms with Gasteiger partial charge in [-0.25, -0.2) is 4.98 Å². The number of fused-ring (bicyclic) bond motifs is 1. The lowest BCUT2D eigenvalue weighted by atomic mass is 9.94. The average molecular weight is 293 g/mol. The average Bonchev–Trinajstić information content (AvgIpc) is 2.81. The van der Waals surface area contributed by atoms with Gasteiger partial charge in [0.25, 0.3) is 0 Å². The highest BCUT2D eigenvalue weighted by Crippen LogP contribution is 2.21. The van der Waals surface area contributed by atoms with Gasteiger partial charge in [-0.2, -0.15) is 0 Å². The number of nitrogens with one attached hydrogen (secondary N) is 1. The van der Waals surface area contributed by atoms with Crippen LogP contribution in [0.4, 0.5) is 0 Å². The normalized spacial score (nSPS) is 17.5. The Hall–Kier alpha value is -1.36. The molecule has 0 fully saturated rings. The number of aromatic nitrogens is 2. The summed E-state index contributed by atoms with van der Waals surface area (Å²) in [7, 11) is 0. The van der Waals surface area contributed by atoms with Crippen LogP contribution in [0, 0.1) is 0 Å². The smallest absolute Gasteiger partial charge is 0.323 e. The van der Waals surface area contributed by atoms with E-state index in [1.54, 1.807) is 6.92 Å². The molecule has 118 valence electrons. The largest absolute Gasteiger partial charge is 0.480 e. The van der Waals surface area contributed by atoms with Gasteiger partial charge in [-0.3, -0.25) is 10.1 Å². The molecule has 0 aliphatic heterocycles. The fourth-order valence-corrected chi connectivity index (χ4v) is 3.20. The van der Waals surface area contributed by atoms with Gasteiger partial charge in [0.2, 0.25) is 0 Å². The predicted molar refractivity (Wildman–Crippen MR) is 82.4 cm³/mol. The van der Waals surface area contributed by atoms with Gasteiger partial charge in [0.05, 0.1) is 12.0 Å². The minimum absolute atomic E-state index is 0.159. The molecule has 5 heteroatoms. The van der Waals surface area contributed by atoms with Gasteiger partial charge in [0.15, 0.2) is 0 Å². The molecule has 1 heterocycles. The first-order chi connectivity index (χ1) is 9.92. The molecular weight excluding hydrogens is 266 g/mol. The van der Waals surface area contributed by atoms with Crippen LogP contribution in [-0.2, 0) is 24.2 Å². The van der Waals surface area contributed by atoms with E-state index in [4.69, 9.17) is 0 Å². The number of aliphatic carboxylic acids is 1. The van der Waals surface area contributed by atoms with E-state index < -0.39 is 11.5 Å². The van der Waals surface area contributed by atoms with Crippen molar-refractivity contribution >= 4 is 5.97 Å². The van der Waals surface area contributed by atoms with Crippen LogP contribution in [0.25, 0.3) is 0 Å². The maximum Gasteiger partial charge on any atom is 0.323 e. The molecule has 1 aliphatic carbocycles. The summed E-state index contributed by atoms with van der Waals surface area (Å²) in [5.74, 6) is -0.774. The van der Waals surface area contributed by atoms with Gasteiger partial charge < -0.3 is 9.67 Å². The monoisotopic (exact) mass is 293 g/mol. The lowest BCUT2D eigenvalue weighted by molar-refractivity contribution is -0.144. The third kappa shape index (κ3) is 3.84. The number of rotatable bonds is 7. The molecule has 2 N–H and O–H groups in total. The maximum absolute atomic E-state index is 11.5. The molecule has 0 saturated carbocycles. The zero-order valence-corrected chi connectivity index (χ0v) is 13.4. The van der Waals surface area contributed by atoms with Crippen molar-refractivity contribution in [1.82, 2.24) is 14.9 Å². The van der Waals surface area contributed by atoms with Crippen LogP contribution in [0.5, 0.6) is 0 Å². The molecule has 0 spiro atoms. The number of carboxylic acids is 1. The summed E-state index contributed by atoms with van der Waals surface area (Å²) in [6.07, 6.45) is 8.04. The summed E-state index contributed by atoms with van der Waals surface area (Å²) < 4.78 is 2.21. The topological polar surface area (TPSA) is 67.2 Å². The number of carbonyl (C=O) groups is 1. The molecule has 0 amide bonds. The highest BCUT2D eigenvalue weighted by atomic mass is 16.4. The van der Waals surface area contributed by atoms with Crippen molar-refractivity contribution < 1.29 is 9.90 Å². The van der Waals surface area contributed by atoms with E-state index in [1.165, 1.54) is 24.2 Å². The molecule has 2 rings (SSSR count). The van der Waals surface area contributed by atoms with Gasteiger partial charge >= 0.3 is 5.97 Å². The fourth-order valence-electron chi connectivity index (χ4n) is 3.20. The second kappa shape index (κ2) is 6.60. The zero-order valence-electron chi connectivity index (χ0n) is 13.4. The van der Waals surface area contributed by atoms with Crippen LogP contribution in [-0.4, -0.2) is 32.2 Å². The summed E-state index contributed by atoms with van der Waals surface area (Å²) in [5.41, 5.74) is 1.74. The number of hydrogen-bond acceptors (Lipinski definition) is 3. The lowest BCUT2D eigenvalue weighted by Crippen LogP contribution is -2.52. The molecule has 5 nitrogen and oxygen atoms in total. The Morgan fingerprint density at radius 1 is 1.48 bits per heavy atom. The highest BCUT2D eigenvalue weighted by Gasteiger charge is 2.32. The number of carboxylic acid groups (broad SMARTS) is 1. The van der Waals surface area contributed by atoms with Gasteiger partial charge in [0, 0.05) is 18.3 Å². The van der Waals surface area contributed by atoms with Crippen molar-refractivity contribution in [3.8, 4) is 0 Å². The second-order valence-corrected chi connectivity index (χ2v) is 6.58. The molecule has 1 unspecified atom stereocenters. The van der Waals surface area contributed by atoms with Crippen LogP contribution in [0.3, 0.4) is 0 Å². The molecule has 1 aromatic heterocycles. The van der Waals surface area contributed by atoms with E-state index in [1.807, 2.05) is 20.2 Å². The van der Waals surface area contributed by atoms with Crippen molar-refractivity contribution in [3.05, 3.63) is 17.7 Å². The first-order valence-electron chi connectivity index (χ1n) is 7.96. The molecule has 1 atom stereocenters. The van der Waals surface area contributed by atoms with Crippen LogP contribution in [0.15, 0.2) is 6.33 Å². The van der Waals surface area contributed by atoms with Crippen LogP contribution >= 0.6 is 0 Å². The minimum Gasteiger partial charge on any atom is -0.480 e. The summed E-state index contributed by atoms with van der Waals surface area (Å²) >= 11 is 0.